The summed E-state index contributed by atoms with van der Waals surface area (Å²) in [6.07, 6.45) is 3.62. The van der Waals surface area contributed by atoms with Gasteiger partial charge in [0.15, 0.2) is 5.75 Å². The average molecular weight is 389 g/mol. The first-order valence-electron chi connectivity index (χ1n) is 6.77. The predicted octanol–water partition coefficient (Wildman–Crippen LogP) is 3.78. The van der Waals surface area contributed by atoms with Crippen LogP contribution in [0.3, 0.4) is 0 Å². The van der Waals surface area contributed by atoms with Crippen molar-refractivity contribution in [3.8, 4) is 11.4 Å². The first-order valence-corrected chi connectivity index (χ1v) is 7.57. The molecule has 124 valence electrons. The number of halogens is 3. The number of aryl methyl sites for hydroxylation is 2. The van der Waals surface area contributed by atoms with Crippen molar-refractivity contribution >= 4 is 22.1 Å². The van der Waals surface area contributed by atoms with Gasteiger partial charge in [-0.1, -0.05) is 29.8 Å². The lowest BCUT2D eigenvalue weighted by atomic mass is 10.2. The fourth-order valence-corrected chi connectivity index (χ4v) is 2.32. The SMILES string of the molecule is CCc1cn(-c2ccc(Br)cc2OC(F)F)c(CC)n1.O=C=O. The van der Waals surface area contributed by atoms with Gasteiger partial charge in [0.2, 0.25) is 0 Å². The van der Waals surface area contributed by atoms with Crippen LogP contribution in [0.2, 0.25) is 0 Å². The molecule has 1 aromatic heterocycles. The summed E-state index contributed by atoms with van der Waals surface area (Å²) >= 11 is 3.26. The predicted molar refractivity (Wildman–Crippen MR) is 81.7 cm³/mol. The first kappa shape index (κ1) is 19.0. The van der Waals surface area contributed by atoms with Crippen molar-refractivity contribution in [2.75, 3.05) is 0 Å². The Kier molecular flexibility index (Phi) is 7.57. The van der Waals surface area contributed by atoms with Gasteiger partial charge in [-0.2, -0.15) is 18.4 Å². The Morgan fingerprint density at radius 3 is 2.48 bits per heavy atom. The van der Waals surface area contributed by atoms with Gasteiger partial charge in [0.05, 0.1) is 11.4 Å². The smallest absolute Gasteiger partial charge is 0.387 e. The van der Waals surface area contributed by atoms with E-state index >= 15 is 0 Å². The van der Waals surface area contributed by atoms with Gasteiger partial charge in [-0.05, 0) is 24.6 Å². The Bertz CT molecular complexity index is 683. The van der Waals surface area contributed by atoms with Crippen LogP contribution in [-0.4, -0.2) is 22.3 Å². The summed E-state index contributed by atoms with van der Waals surface area (Å²) in [5.74, 6) is 0.951. The molecule has 0 bridgehead atoms. The molecule has 0 saturated heterocycles. The quantitative estimate of drug-likeness (QED) is 0.781. The number of hydrogen-bond donors (Lipinski definition) is 0. The molecule has 0 atom stereocenters. The van der Waals surface area contributed by atoms with E-state index in [1.807, 2.05) is 24.6 Å². The molecular weight excluding hydrogens is 374 g/mol. The Morgan fingerprint density at radius 2 is 1.96 bits per heavy atom. The lowest BCUT2D eigenvalue weighted by molar-refractivity contribution is -0.191. The van der Waals surface area contributed by atoms with Crippen LogP contribution in [0.25, 0.3) is 5.69 Å². The van der Waals surface area contributed by atoms with E-state index in [-0.39, 0.29) is 11.9 Å². The molecule has 0 N–H and O–H groups in total. The maximum atomic E-state index is 12.5. The van der Waals surface area contributed by atoms with Crippen molar-refractivity contribution in [2.45, 2.75) is 33.3 Å². The highest BCUT2D eigenvalue weighted by atomic mass is 79.9. The summed E-state index contributed by atoms with van der Waals surface area (Å²) in [6.45, 7) is 1.12. The fourth-order valence-electron chi connectivity index (χ4n) is 1.98. The summed E-state index contributed by atoms with van der Waals surface area (Å²) in [5.41, 5.74) is 1.49. The molecule has 8 heteroatoms. The number of benzene rings is 1. The summed E-state index contributed by atoms with van der Waals surface area (Å²) < 4.78 is 32.2. The van der Waals surface area contributed by atoms with Gasteiger partial charge >= 0.3 is 12.8 Å². The van der Waals surface area contributed by atoms with Crippen LogP contribution in [0.1, 0.15) is 25.4 Å². The van der Waals surface area contributed by atoms with E-state index in [4.69, 9.17) is 9.59 Å². The van der Waals surface area contributed by atoms with Crippen LogP contribution in [0.5, 0.6) is 5.75 Å². The minimum Gasteiger partial charge on any atom is -0.433 e. The number of alkyl halides is 2. The van der Waals surface area contributed by atoms with Crippen molar-refractivity contribution in [3.05, 3.63) is 40.4 Å². The molecule has 0 aliphatic rings. The number of aromatic nitrogens is 2. The third-order valence-corrected chi connectivity index (χ3v) is 3.40. The number of hydrogen-bond acceptors (Lipinski definition) is 4. The molecule has 23 heavy (non-hydrogen) atoms. The highest BCUT2D eigenvalue weighted by molar-refractivity contribution is 9.10. The second-order valence-electron chi connectivity index (χ2n) is 4.30. The lowest BCUT2D eigenvalue weighted by Crippen LogP contribution is -2.07. The Balaban J connectivity index is 0.000000816. The third-order valence-electron chi connectivity index (χ3n) is 2.90. The second-order valence-corrected chi connectivity index (χ2v) is 5.22. The number of carbonyl (C=O) groups excluding carboxylic acids is 2. The average Bonchev–Trinajstić information content (AvgIpc) is 2.91. The number of ether oxygens (including phenoxy) is 1. The van der Waals surface area contributed by atoms with Crippen molar-refractivity contribution in [1.82, 2.24) is 9.55 Å². The van der Waals surface area contributed by atoms with E-state index in [1.54, 1.807) is 12.1 Å². The highest BCUT2D eigenvalue weighted by Crippen LogP contribution is 2.29. The standard InChI is InChI=1S/C14H15BrF2N2O.CO2/c1-3-10-8-19(13(4-2)18-10)11-6-5-9(15)7-12(11)20-14(16)17;2-1-3/h5-8,14H,3-4H2,1-2H3;. The zero-order valence-electron chi connectivity index (χ0n) is 12.6. The van der Waals surface area contributed by atoms with E-state index in [2.05, 4.69) is 25.7 Å². The van der Waals surface area contributed by atoms with Gasteiger partial charge in [-0.15, -0.1) is 0 Å². The Morgan fingerprint density at radius 1 is 1.30 bits per heavy atom. The summed E-state index contributed by atoms with van der Waals surface area (Å²) in [4.78, 5) is 20.7. The molecule has 0 fully saturated rings. The van der Waals surface area contributed by atoms with Crippen LogP contribution in [0.4, 0.5) is 8.78 Å². The molecule has 1 heterocycles. The molecule has 5 nitrogen and oxygen atoms in total. The van der Waals surface area contributed by atoms with E-state index < -0.39 is 6.61 Å². The Labute approximate surface area is 140 Å². The minimum atomic E-state index is -2.86. The Hall–Kier alpha value is -2.05. The van der Waals surface area contributed by atoms with Crippen molar-refractivity contribution < 1.29 is 23.1 Å². The van der Waals surface area contributed by atoms with E-state index in [0.29, 0.717) is 16.6 Å². The first-order chi connectivity index (χ1) is 11.0. The van der Waals surface area contributed by atoms with Crippen molar-refractivity contribution in [3.63, 3.8) is 0 Å². The summed E-state index contributed by atoms with van der Waals surface area (Å²) in [5, 5.41) is 0. The van der Waals surface area contributed by atoms with Gasteiger partial charge in [0, 0.05) is 17.1 Å². The van der Waals surface area contributed by atoms with Crippen LogP contribution < -0.4 is 4.74 Å². The van der Waals surface area contributed by atoms with Crippen LogP contribution in [0, 0.1) is 0 Å². The molecule has 0 saturated carbocycles. The normalized spacial score (nSPS) is 10.0. The molecule has 1 aromatic carbocycles. The monoisotopic (exact) mass is 388 g/mol. The fraction of sp³-hybridized carbons (Fsp3) is 0.333. The van der Waals surface area contributed by atoms with Crippen molar-refractivity contribution in [2.24, 2.45) is 0 Å². The number of imidazole rings is 1. The van der Waals surface area contributed by atoms with Gasteiger partial charge in [0.25, 0.3) is 0 Å². The van der Waals surface area contributed by atoms with E-state index in [1.165, 1.54) is 6.07 Å². The maximum Gasteiger partial charge on any atom is 0.387 e. The summed E-state index contributed by atoms with van der Waals surface area (Å²) in [6, 6.07) is 5.06. The van der Waals surface area contributed by atoms with Gasteiger partial charge in [-0.3, -0.25) is 4.57 Å². The van der Waals surface area contributed by atoms with Gasteiger partial charge < -0.3 is 4.74 Å². The molecule has 0 radical (unpaired) electrons. The van der Waals surface area contributed by atoms with Crippen LogP contribution >= 0.6 is 15.9 Å². The minimum absolute atomic E-state index is 0.129. The molecule has 0 unspecified atom stereocenters. The highest BCUT2D eigenvalue weighted by Gasteiger charge is 2.15. The lowest BCUT2D eigenvalue weighted by Gasteiger charge is -2.13. The molecule has 0 aliphatic carbocycles. The van der Waals surface area contributed by atoms with Gasteiger partial charge in [0.1, 0.15) is 5.82 Å². The number of rotatable bonds is 5. The largest absolute Gasteiger partial charge is 0.433 e. The van der Waals surface area contributed by atoms with Crippen molar-refractivity contribution in [1.29, 1.82) is 0 Å². The van der Waals surface area contributed by atoms with E-state index in [9.17, 15) is 8.78 Å². The second kappa shape index (κ2) is 9.17. The topological polar surface area (TPSA) is 61.2 Å². The summed E-state index contributed by atoms with van der Waals surface area (Å²) in [7, 11) is 0. The zero-order valence-corrected chi connectivity index (χ0v) is 14.1. The third kappa shape index (κ3) is 5.26. The molecule has 0 amide bonds. The van der Waals surface area contributed by atoms with Gasteiger partial charge in [-0.25, -0.2) is 4.98 Å². The molecular formula is C15H15BrF2N2O3. The van der Waals surface area contributed by atoms with Crippen LogP contribution in [-0.2, 0) is 22.4 Å². The molecule has 2 rings (SSSR count). The zero-order chi connectivity index (χ0) is 17.4. The van der Waals surface area contributed by atoms with Crippen LogP contribution in [0.15, 0.2) is 28.9 Å². The molecule has 0 spiro atoms. The molecule has 0 aliphatic heterocycles. The molecule has 2 aromatic rings. The maximum absolute atomic E-state index is 12.5. The number of nitrogens with zero attached hydrogens (tertiary/aromatic N) is 2. The van der Waals surface area contributed by atoms with E-state index in [0.717, 1.165) is 17.9 Å².